The SMILES string of the molecule is Cc1ccc([C@@]23N=N[C@@](c4ccccc4)([C@H]4CCC[C@H]42)C3(C)C)cc1. The van der Waals surface area contributed by atoms with E-state index in [4.69, 9.17) is 10.2 Å². The van der Waals surface area contributed by atoms with E-state index in [0.717, 1.165) is 0 Å². The first-order valence-corrected chi connectivity index (χ1v) is 9.61. The molecule has 0 aromatic heterocycles. The summed E-state index contributed by atoms with van der Waals surface area (Å²) in [6.07, 6.45) is 3.85. The van der Waals surface area contributed by atoms with Crippen molar-refractivity contribution in [2.75, 3.05) is 0 Å². The van der Waals surface area contributed by atoms with Gasteiger partial charge in [-0.3, -0.25) is 0 Å². The largest absolute Gasteiger partial charge is 0.181 e. The summed E-state index contributed by atoms with van der Waals surface area (Å²) in [6.45, 7) is 6.99. The molecule has 0 N–H and O–H groups in total. The molecule has 2 nitrogen and oxygen atoms in total. The number of azo groups is 1. The monoisotopic (exact) mass is 330 g/mol. The molecule has 0 radical (unpaired) electrons. The van der Waals surface area contributed by atoms with E-state index in [9.17, 15) is 0 Å². The Labute approximate surface area is 150 Å². The van der Waals surface area contributed by atoms with Crippen LogP contribution in [0.5, 0.6) is 0 Å². The lowest BCUT2D eigenvalue weighted by Gasteiger charge is -2.42. The zero-order valence-corrected chi connectivity index (χ0v) is 15.4. The molecule has 0 saturated heterocycles. The van der Waals surface area contributed by atoms with E-state index >= 15 is 0 Å². The Kier molecular flexibility index (Phi) is 2.94. The molecule has 2 aromatic rings. The van der Waals surface area contributed by atoms with Crippen LogP contribution in [0, 0.1) is 24.2 Å². The Bertz CT molecular complexity index is 836. The summed E-state index contributed by atoms with van der Waals surface area (Å²) in [4.78, 5) is 0. The van der Waals surface area contributed by atoms with Gasteiger partial charge in [-0.1, -0.05) is 80.4 Å². The molecule has 2 heteroatoms. The molecule has 4 atom stereocenters. The van der Waals surface area contributed by atoms with Crippen molar-refractivity contribution < 1.29 is 0 Å². The second kappa shape index (κ2) is 4.81. The maximum Gasteiger partial charge on any atom is 0.117 e. The molecule has 128 valence electrons. The highest BCUT2D eigenvalue weighted by Crippen LogP contribution is 2.77. The first-order chi connectivity index (χ1) is 12.0. The molecule has 5 rings (SSSR count). The summed E-state index contributed by atoms with van der Waals surface area (Å²) in [6, 6.07) is 20.0. The topological polar surface area (TPSA) is 24.7 Å². The molecular formula is C23H26N2. The summed E-state index contributed by atoms with van der Waals surface area (Å²) >= 11 is 0. The van der Waals surface area contributed by atoms with Gasteiger partial charge < -0.3 is 0 Å². The number of benzene rings is 2. The van der Waals surface area contributed by atoms with Crippen LogP contribution in [-0.2, 0) is 11.1 Å². The lowest BCUT2D eigenvalue weighted by Crippen LogP contribution is -2.44. The maximum absolute atomic E-state index is 5.10. The normalized spacial score (nSPS) is 37.4. The number of hydrogen-bond donors (Lipinski definition) is 0. The van der Waals surface area contributed by atoms with Gasteiger partial charge in [-0.25, -0.2) is 0 Å². The minimum absolute atomic E-state index is 0.0215. The third-order valence-electron chi connectivity index (χ3n) is 7.57. The van der Waals surface area contributed by atoms with E-state index in [0.29, 0.717) is 11.8 Å². The molecule has 2 aliphatic carbocycles. The summed E-state index contributed by atoms with van der Waals surface area (Å²) in [7, 11) is 0. The van der Waals surface area contributed by atoms with E-state index in [2.05, 4.69) is 75.4 Å². The van der Waals surface area contributed by atoms with Crippen LogP contribution in [-0.4, -0.2) is 0 Å². The fourth-order valence-electron chi connectivity index (χ4n) is 6.50. The van der Waals surface area contributed by atoms with Gasteiger partial charge in [0, 0.05) is 5.41 Å². The van der Waals surface area contributed by atoms with E-state index in [-0.39, 0.29) is 16.5 Å². The van der Waals surface area contributed by atoms with Crippen LogP contribution in [0.15, 0.2) is 64.8 Å². The van der Waals surface area contributed by atoms with Crippen LogP contribution in [0.4, 0.5) is 0 Å². The molecule has 1 heterocycles. The van der Waals surface area contributed by atoms with Crippen LogP contribution in [0.2, 0.25) is 0 Å². The Morgan fingerprint density at radius 3 is 1.84 bits per heavy atom. The zero-order valence-electron chi connectivity index (χ0n) is 15.4. The molecule has 1 aliphatic heterocycles. The molecule has 0 unspecified atom stereocenters. The van der Waals surface area contributed by atoms with Gasteiger partial charge in [-0.05, 0) is 42.7 Å². The van der Waals surface area contributed by atoms with Crippen LogP contribution in [0.1, 0.15) is 49.8 Å². The van der Waals surface area contributed by atoms with E-state index < -0.39 is 0 Å². The number of nitrogens with zero attached hydrogens (tertiary/aromatic N) is 2. The van der Waals surface area contributed by atoms with E-state index in [1.54, 1.807) is 0 Å². The van der Waals surface area contributed by atoms with E-state index in [1.165, 1.54) is 36.0 Å². The number of aryl methyl sites for hydroxylation is 1. The number of hydrogen-bond acceptors (Lipinski definition) is 2. The molecule has 0 amide bonds. The Balaban J connectivity index is 1.78. The van der Waals surface area contributed by atoms with Gasteiger partial charge >= 0.3 is 0 Å². The van der Waals surface area contributed by atoms with Crippen molar-refractivity contribution in [2.45, 2.75) is 51.1 Å². The lowest BCUT2D eigenvalue weighted by atomic mass is 9.61. The molecular weight excluding hydrogens is 304 g/mol. The third-order valence-corrected chi connectivity index (χ3v) is 7.57. The van der Waals surface area contributed by atoms with Gasteiger partial charge in [0.15, 0.2) is 0 Å². The average Bonchev–Trinajstić information content (AvgIpc) is 3.24. The summed E-state index contributed by atoms with van der Waals surface area (Å²) < 4.78 is 0. The van der Waals surface area contributed by atoms with Gasteiger partial charge in [0.25, 0.3) is 0 Å². The summed E-state index contributed by atoms with van der Waals surface area (Å²) in [5, 5.41) is 10.2. The van der Waals surface area contributed by atoms with Crippen molar-refractivity contribution in [1.29, 1.82) is 0 Å². The quantitative estimate of drug-likeness (QED) is 0.644. The van der Waals surface area contributed by atoms with Crippen molar-refractivity contribution in [3.8, 4) is 0 Å². The summed E-state index contributed by atoms with van der Waals surface area (Å²) in [5.41, 5.74) is 3.64. The predicted molar refractivity (Wildman–Crippen MR) is 100 cm³/mol. The molecule has 2 aromatic carbocycles. The molecule has 2 saturated carbocycles. The highest BCUT2D eigenvalue weighted by atomic mass is 15.3. The van der Waals surface area contributed by atoms with Crippen molar-refractivity contribution in [2.24, 2.45) is 27.5 Å². The molecule has 0 spiro atoms. The molecule has 2 fully saturated rings. The molecule has 3 aliphatic rings. The smallest absolute Gasteiger partial charge is 0.117 e. The minimum atomic E-state index is -0.183. The van der Waals surface area contributed by atoms with Crippen LogP contribution < -0.4 is 0 Å². The molecule has 2 bridgehead atoms. The first kappa shape index (κ1) is 15.3. The van der Waals surface area contributed by atoms with Gasteiger partial charge in [-0.15, -0.1) is 0 Å². The van der Waals surface area contributed by atoms with Crippen molar-refractivity contribution in [1.82, 2.24) is 0 Å². The fraction of sp³-hybridized carbons (Fsp3) is 0.478. The van der Waals surface area contributed by atoms with Gasteiger partial charge in [-0.2, -0.15) is 10.2 Å². The van der Waals surface area contributed by atoms with Crippen LogP contribution in [0.25, 0.3) is 0 Å². The second-order valence-corrected chi connectivity index (χ2v) is 8.73. The Morgan fingerprint density at radius 2 is 1.28 bits per heavy atom. The Morgan fingerprint density at radius 1 is 0.760 bits per heavy atom. The average molecular weight is 330 g/mol. The Hall–Kier alpha value is -1.96. The molecule has 25 heavy (non-hydrogen) atoms. The summed E-state index contributed by atoms with van der Waals surface area (Å²) in [5.74, 6) is 1.20. The standard InChI is InChI=1S/C23H26N2/c1-16-12-14-18(15-13-16)23-20-11-7-10-19(20)22(24-25-23,21(23,2)3)17-8-5-4-6-9-17/h4-6,8-9,12-15,19-20H,7,10-11H2,1-3H3/t19-,20+,22-,23+/m0/s1. The number of fused-ring (bicyclic) bond motifs is 5. The van der Waals surface area contributed by atoms with Crippen LogP contribution >= 0.6 is 0 Å². The fourth-order valence-corrected chi connectivity index (χ4v) is 6.50. The predicted octanol–water partition coefficient (Wildman–Crippen LogP) is 6.01. The minimum Gasteiger partial charge on any atom is -0.181 e. The lowest BCUT2D eigenvalue weighted by molar-refractivity contribution is 0.140. The van der Waals surface area contributed by atoms with Gasteiger partial charge in [0.1, 0.15) is 11.1 Å². The number of rotatable bonds is 2. The highest BCUT2D eigenvalue weighted by Gasteiger charge is 2.78. The van der Waals surface area contributed by atoms with Gasteiger partial charge in [0.2, 0.25) is 0 Å². The highest BCUT2D eigenvalue weighted by molar-refractivity contribution is 5.45. The van der Waals surface area contributed by atoms with Gasteiger partial charge in [0.05, 0.1) is 0 Å². The van der Waals surface area contributed by atoms with E-state index in [1.807, 2.05) is 0 Å². The first-order valence-electron chi connectivity index (χ1n) is 9.61. The van der Waals surface area contributed by atoms with Crippen molar-refractivity contribution in [3.05, 3.63) is 71.3 Å². The zero-order chi connectivity index (χ0) is 17.3. The maximum atomic E-state index is 5.10. The van der Waals surface area contributed by atoms with Crippen LogP contribution in [0.3, 0.4) is 0 Å². The third kappa shape index (κ3) is 1.57. The van der Waals surface area contributed by atoms with Crippen molar-refractivity contribution in [3.63, 3.8) is 0 Å². The van der Waals surface area contributed by atoms with Crippen molar-refractivity contribution >= 4 is 0 Å². The second-order valence-electron chi connectivity index (χ2n) is 8.73.